The van der Waals surface area contributed by atoms with E-state index in [9.17, 15) is 5.26 Å². The Kier molecular flexibility index (Phi) is 7.70. The lowest BCUT2D eigenvalue weighted by Gasteiger charge is -2.39. The Bertz CT molecular complexity index is 3050. The predicted molar refractivity (Wildman–Crippen MR) is 229 cm³/mol. The van der Waals surface area contributed by atoms with E-state index in [1.54, 1.807) is 0 Å². The van der Waals surface area contributed by atoms with Crippen molar-refractivity contribution in [2.45, 2.75) is 5.41 Å². The summed E-state index contributed by atoms with van der Waals surface area (Å²) >= 11 is 0. The van der Waals surface area contributed by atoms with E-state index in [0.29, 0.717) is 23.0 Å². The Hall–Kier alpha value is -7.94. The van der Waals surface area contributed by atoms with Gasteiger partial charge < -0.3 is 4.74 Å². The van der Waals surface area contributed by atoms with Crippen LogP contribution in [-0.4, -0.2) is 15.0 Å². The highest BCUT2D eigenvalue weighted by Crippen LogP contribution is 2.63. The topological polar surface area (TPSA) is 71.7 Å². The van der Waals surface area contributed by atoms with Gasteiger partial charge in [-0.25, -0.2) is 15.0 Å². The molecule has 1 aliphatic carbocycles. The van der Waals surface area contributed by atoms with Crippen LogP contribution < -0.4 is 4.74 Å². The first-order valence-electron chi connectivity index (χ1n) is 19.3. The Morgan fingerprint density at radius 1 is 0.379 bits per heavy atom. The SMILES string of the molecule is N#Cc1ccc(-c2ccc(-c3cccc(-c4nc(-c5ccccc5)nc(-c5cccc6c5-c5ccccc5C65c6ccccc6Oc6ccccc65)n4)c3)cc2)cc1. The van der Waals surface area contributed by atoms with Crippen LogP contribution in [0.15, 0.2) is 194 Å². The molecule has 5 nitrogen and oxygen atoms in total. The van der Waals surface area contributed by atoms with Crippen LogP contribution in [0.4, 0.5) is 0 Å². The van der Waals surface area contributed by atoms with Gasteiger partial charge in [-0.1, -0.05) is 164 Å². The number of aromatic nitrogens is 3. The van der Waals surface area contributed by atoms with Gasteiger partial charge in [0.05, 0.1) is 17.0 Å². The minimum absolute atomic E-state index is 0.597. The van der Waals surface area contributed by atoms with E-state index in [2.05, 4.69) is 133 Å². The highest BCUT2D eigenvalue weighted by Gasteiger charge is 2.51. The fourth-order valence-electron chi connectivity index (χ4n) is 8.86. The maximum atomic E-state index is 9.23. The van der Waals surface area contributed by atoms with Crippen molar-refractivity contribution in [1.29, 1.82) is 5.26 Å². The van der Waals surface area contributed by atoms with Crippen molar-refractivity contribution >= 4 is 0 Å². The normalized spacial score (nSPS) is 12.7. The lowest BCUT2D eigenvalue weighted by Crippen LogP contribution is -2.32. The Labute approximate surface area is 336 Å². The quantitative estimate of drug-likeness (QED) is 0.176. The van der Waals surface area contributed by atoms with Gasteiger partial charge in [-0.15, -0.1) is 0 Å². The Morgan fingerprint density at radius 2 is 0.862 bits per heavy atom. The zero-order valence-corrected chi connectivity index (χ0v) is 31.2. The monoisotopic (exact) mass is 740 g/mol. The first-order chi connectivity index (χ1) is 28.7. The molecule has 2 aliphatic rings. The molecule has 1 aliphatic heterocycles. The molecule has 0 N–H and O–H groups in total. The summed E-state index contributed by atoms with van der Waals surface area (Å²) in [7, 11) is 0. The third-order valence-corrected chi connectivity index (χ3v) is 11.5. The molecule has 0 atom stereocenters. The second-order valence-electron chi connectivity index (χ2n) is 14.6. The molecular formula is C53H32N4O. The van der Waals surface area contributed by atoms with Crippen molar-refractivity contribution in [2.75, 3.05) is 0 Å². The molecule has 58 heavy (non-hydrogen) atoms. The van der Waals surface area contributed by atoms with Gasteiger partial charge in [-0.3, -0.25) is 0 Å². The third-order valence-electron chi connectivity index (χ3n) is 11.5. The number of rotatable bonds is 5. The van der Waals surface area contributed by atoms with Crippen LogP contribution in [0.25, 0.3) is 67.5 Å². The molecule has 8 aromatic carbocycles. The van der Waals surface area contributed by atoms with Gasteiger partial charge in [0, 0.05) is 27.8 Å². The lowest BCUT2D eigenvalue weighted by atomic mass is 9.66. The smallest absolute Gasteiger partial charge is 0.164 e. The maximum absolute atomic E-state index is 9.23. The van der Waals surface area contributed by atoms with Crippen molar-refractivity contribution < 1.29 is 4.74 Å². The standard InChI is InChI=1S/C53H32N4O/c54-33-34-24-26-35(27-25-34)36-28-30-37(31-29-36)39-14-10-15-40(32-39)51-55-50(38-12-2-1-3-13-38)56-52(57-51)42-17-11-21-46-49(42)41-16-4-5-18-43(41)53(46)44-19-6-8-22-47(44)58-48-23-9-7-20-45(48)53/h1-32H. The second-order valence-corrected chi connectivity index (χ2v) is 14.6. The molecule has 9 aromatic rings. The van der Waals surface area contributed by atoms with E-state index < -0.39 is 5.41 Å². The van der Waals surface area contributed by atoms with Crippen molar-refractivity contribution in [2.24, 2.45) is 0 Å². The molecule has 5 heteroatoms. The number of nitrogens with zero attached hydrogens (tertiary/aromatic N) is 4. The van der Waals surface area contributed by atoms with Crippen LogP contribution in [0.3, 0.4) is 0 Å². The first-order valence-corrected chi connectivity index (χ1v) is 19.3. The zero-order chi connectivity index (χ0) is 38.6. The van der Waals surface area contributed by atoms with Gasteiger partial charge in [0.25, 0.3) is 0 Å². The van der Waals surface area contributed by atoms with E-state index in [1.165, 1.54) is 11.1 Å². The fourth-order valence-corrected chi connectivity index (χ4v) is 8.86. The molecule has 0 amide bonds. The molecule has 270 valence electrons. The van der Waals surface area contributed by atoms with Gasteiger partial charge in [0.2, 0.25) is 0 Å². The molecule has 0 radical (unpaired) electrons. The number of para-hydroxylation sites is 2. The van der Waals surface area contributed by atoms with Gasteiger partial charge in [-0.2, -0.15) is 5.26 Å². The van der Waals surface area contributed by atoms with Gasteiger partial charge >= 0.3 is 0 Å². The molecule has 11 rings (SSSR count). The van der Waals surface area contributed by atoms with Crippen LogP contribution in [0.5, 0.6) is 11.5 Å². The largest absolute Gasteiger partial charge is 0.457 e. The lowest BCUT2D eigenvalue weighted by molar-refractivity contribution is 0.436. The van der Waals surface area contributed by atoms with Crippen LogP contribution in [0.2, 0.25) is 0 Å². The summed E-state index contributed by atoms with van der Waals surface area (Å²) in [6.45, 7) is 0. The molecule has 0 fully saturated rings. The molecule has 1 aromatic heterocycles. The molecule has 0 unspecified atom stereocenters. The van der Waals surface area contributed by atoms with Crippen LogP contribution in [0, 0.1) is 11.3 Å². The Balaban J connectivity index is 1.08. The average molecular weight is 741 g/mol. The van der Waals surface area contributed by atoms with Gasteiger partial charge in [0.1, 0.15) is 11.5 Å². The minimum Gasteiger partial charge on any atom is -0.457 e. The first kappa shape index (κ1) is 33.4. The summed E-state index contributed by atoms with van der Waals surface area (Å²) in [4.78, 5) is 15.7. The number of benzene rings is 8. The average Bonchev–Trinajstić information content (AvgIpc) is 3.60. The number of ether oxygens (including phenoxy) is 1. The van der Waals surface area contributed by atoms with Gasteiger partial charge in [-0.05, 0) is 74.8 Å². The molecule has 0 saturated carbocycles. The van der Waals surface area contributed by atoms with Crippen LogP contribution >= 0.6 is 0 Å². The highest BCUT2D eigenvalue weighted by atomic mass is 16.5. The van der Waals surface area contributed by atoms with E-state index >= 15 is 0 Å². The third kappa shape index (κ3) is 5.20. The number of hydrogen-bond donors (Lipinski definition) is 0. The predicted octanol–water partition coefficient (Wildman–Crippen LogP) is 12.5. The van der Waals surface area contributed by atoms with E-state index in [0.717, 1.165) is 72.7 Å². The summed E-state index contributed by atoms with van der Waals surface area (Å²) in [5.74, 6) is 3.52. The van der Waals surface area contributed by atoms with Crippen molar-refractivity contribution in [3.8, 4) is 85.1 Å². The summed E-state index contributed by atoms with van der Waals surface area (Å²) in [5.41, 5.74) is 13.9. The summed E-state index contributed by atoms with van der Waals surface area (Å²) in [6, 6.07) is 69.0. The second kappa shape index (κ2) is 13.4. The molecule has 1 spiro atoms. The zero-order valence-electron chi connectivity index (χ0n) is 31.2. The minimum atomic E-state index is -0.602. The molecular weight excluding hydrogens is 709 g/mol. The molecule has 0 bridgehead atoms. The molecule has 2 heterocycles. The highest BCUT2D eigenvalue weighted by molar-refractivity contribution is 5.95. The van der Waals surface area contributed by atoms with Crippen molar-refractivity contribution in [3.63, 3.8) is 0 Å². The maximum Gasteiger partial charge on any atom is 0.164 e. The summed E-state index contributed by atoms with van der Waals surface area (Å²) in [6.07, 6.45) is 0. The number of fused-ring (bicyclic) bond motifs is 9. The fraction of sp³-hybridized carbons (Fsp3) is 0.0189. The summed E-state index contributed by atoms with van der Waals surface area (Å²) < 4.78 is 6.57. The van der Waals surface area contributed by atoms with Crippen molar-refractivity contribution in [1.82, 2.24) is 15.0 Å². The Morgan fingerprint density at radius 3 is 1.55 bits per heavy atom. The molecule has 0 saturated heterocycles. The number of nitriles is 1. The summed E-state index contributed by atoms with van der Waals surface area (Å²) in [5, 5.41) is 9.23. The van der Waals surface area contributed by atoms with Crippen LogP contribution in [0.1, 0.15) is 27.8 Å². The van der Waals surface area contributed by atoms with E-state index in [1.807, 2.05) is 66.7 Å². The van der Waals surface area contributed by atoms with E-state index in [-0.39, 0.29) is 0 Å². The van der Waals surface area contributed by atoms with Crippen molar-refractivity contribution in [3.05, 3.63) is 222 Å². The van der Waals surface area contributed by atoms with Gasteiger partial charge in [0.15, 0.2) is 17.5 Å². The number of hydrogen-bond acceptors (Lipinski definition) is 5. The van der Waals surface area contributed by atoms with E-state index in [4.69, 9.17) is 19.7 Å². The van der Waals surface area contributed by atoms with Crippen LogP contribution in [-0.2, 0) is 5.41 Å².